The van der Waals surface area contributed by atoms with Crippen molar-refractivity contribution in [2.24, 2.45) is 0 Å². The Morgan fingerprint density at radius 2 is 1.84 bits per heavy atom. The van der Waals surface area contributed by atoms with Gasteiger partial charge in [-0.2, -0.15) is 0 Å². The number of nitrogens with one attached hydrogen (secondary N) is 1. The van der Waals surface area contributed by atoms with Crippen LogP contribution in [0.15, 0.2) is 36.4 Å². The van der Waals surface area contributed by atoms with Crippen LogP contribution in [-0.2, 0) is 11.2 Å². The lowest BCUT2D eigenvalue weighted by Crippen LogP contribution is -2.36. The Morgan fingerprint density at radius 1 is 1.00 bits per heavy atom. The quantitative estimate of drug-likeness (QED) is 0.812. The Balaban J connectivity index is 1.42. The second kappa shape index (κ2) is 9.68. The molecule has 0 unspecified atom stereocenters. The number of hydrogen-bond donors (Lipinski definition) is 1. The van der Waals surface area contributed by atoms with Crippen LogP contribution in [0.2, 0.25) is 0 Å². The molecule has 0 saturated carbocycles. The average molecular weight is 428 g/mol. The third kappa shape index (κ3) is 5.25. The SMILES string of the molecule is O=C1NCCCCCN(C(=O)CCc2ccc3c(c2)OCO3)COc2ccc(F)cc21. The molecule has 31 heavy (non-hydrogen) atoms. The largest absolute Gasteiger partial charge is 0.472 e. The summed E-state index contributed by atoms with van der Waals surface area (Å²) in [6.07, 6.45) is 3.35. The molecular formula is C23H25FN2O5. The van der Waals surface area contributed by atoms with Crippen molar-refractivity contribution in [1.82, 2.24) is 10.2 Å². The summed E-state index contributed by atoms with van der Waals surface area (Å²) in [5, 5.41) is 2.79. The first-order valence-electron chi connectivity index (χ1n) is 10.5. The molecule has 2 aromatic rings. The minimum absolute atomic E-state index is 0.00584. The Kier molecular flexibility index (Phi) is 6.54. The second-order valence-corrected chi connectivity index (χ2v) is 7.58. The first-order chi connectivity index (χ1) is 15.1. The summed E-state index contributed by atoms with van der Waals surface area (Å²) in [6.45, 7) is 1.27. The van der Waals surface area contributed by atoms with E-state index in [9.17, 15) is 14.0 Å². The molecule has 164 valence electrons. The molecule has 8 heteroatoms. The molecule has 1 N–H and O–H groups in total. The molecular weight excluding hydrogens is 403 g/mol. The number of halogens is 1. The molecule has 2 aliphatic rings. The van der Waals surface area contributed by atoms with Gasteiger partial charge in [-0.1, -0.05) is 6.07 Å². The maximum Gasteiger partial charge on any atom is 0.255 e. The molecule has 4 rings (SSSR count). The third-order valence-electron chi connectivity index (χ3n) is 5.37. The average Bonchev–Trinajstić information content (AvgIpc) is 3.24. The van der Waals surface area contributed by atoms with Gasteiger partial charge in [0.2, 0.25) is 12.7 Å². The van der Waals surface area contributed by atoms with Crippen LogP contribution >= 0.6 is 0 Å². The van der Waals surface area contributed by atoms with Gasteiger partial charge in [0.25, 0.3) is 5.91 Å². The molecule has 0 radical (unpaired) electrons. The van der Waals surface area contributed by atoms with Crippen molar-refractivity contribution < 1.29 is 28.2 Å². The predicted octanol–water partition coefficient (Wildman–Crippen LogP) is 3.27. The van der Waals surface area contributed by atoms with Gasteiger partial charge in [-0.05, 0) is 61.6 Å². The Bertz CT molecular complexity index is 965. The van der Waals surface area contributed by atoms with Crippen LogP contribution in [0.25, 0.3) is 0 Å². The van der Waals surface area contributed by atoms with Gasteiger partial charge in [-0.25, -0.2) is 4.39 Å². The van der Waals surface area contributed by atoms with Crippen molar-refractivity contribution in [3.8, 4) is 17.2 Å². The van der Waals surface area contributed by atoms with E-state index in [1.54, 1.807) is 4.90 Å². The number of rotatable bonds is 3. The second-order valence-electron chi connectivity index (χ2n) is 7.58. The molecule has 0 aromatic heterocycles. The van der Waals surface area contributed by atoms with Crippen molar-refractivity contribution >= 4 is 11.8 Å². The van der Waals surface area contributed by atoms with Crippen LogP contribution in [0.4, 0.5) is 4.39 Å². The molecule has 7 nitrogen and oxygen atoms in total. The predicted molar refractivity (Wildman–Crippen MR) is 111 cm³/mol. The normalized spacial score (nSPS) is 16.4. The molecule has 0 spiro atoms. The number of aryl methyl sites for hydroxylation is 1. The van der Waals surface area contributed by atoms with E-state index in [4.69, 9.17) is 14.2 Å². The highest BCUT2D eigenvalue weighted by molar-refractivity contribution is 5.96. The highest BCUT2D eigenvalue weighted by Crippen LogP contribution is 2.32. The van der Waals surface area contributed by atoms with Crippen LogP contribution in [0.3, 0.4) is 0 Å². The summed E-state index contributed by atoms with van der Waals surface area (Å²) in [5.74, 6) is 0.736. The van der Waals surface area contributed by atoms with Crippen LogP contribution in [0.1, 0.15) is 41.6 Å². The van der Waals surface area contributed by atoms with E-state index < -0.39 is 5.82 Å². The molecule has 0 aliphatic carbocycles. The summed E-state index contributed by atoms with van der Waals surface area (Å²) in [7, 11) is 0. The van der Waals surface area contributed by atoms with Crippen LogP contribution in [0.5, 0.6) is 17.2 Å². The van der Waals surface area contributed by atoms with E-state index in [0.717, 1.165) is 30.9 Å². The smallest absolute Gasteiger partial charge is 0.255 e. The van der Waals surface area contributed by atoms with Crippen LogP contribution in [0, 0.1) is 5.82 Å². The maximum atomic E-state index is 13.7. The first-order valence-corrected chi connectivity index (χ1v) is 10.5. The fraction of sp³-hybridized carbons (Fsp3) is 0.391. The van der Waals surface area contributed by atoms with Crippen molar-refractivity contribution in [3.05, 3.63) is 53.3 Å². The van der Waals surface area contributed by atoms with Gasteiger partial charge in [0.05, 0.1) is 5.56 Å². The van der Waals surface area contributed by atoms with E-state index in [1.807, 2.05) is 18.2 Å². The first kappa shape index (κ1) is 21.0. The highest BCUT2D eigenvalue weighted by atomic mass is 19.1. The fourth-order valence-electron chi connectivity index (χ4n) is 3.62. The number of benzene rings is 2. The number of carbonyl (C=O) groups excluding carboxylic acids is 2. The fourth-order valence-corrected chi connectivity index (χ4v) is 3.62. The molecule has 0 atom stereocenters. The molecule has 2 heterocycles. The van der Waals surface area contributed by atoms with E-state index in [0.29, 0.717) is 37.4 Å². The van der Waals surface area contributed by atoms with E-state index in [-0.39, 0.29) is 36.7 Å². The number of nitrogens with zero attached hydrogens (tertiary/aromatic N) is 1. The standard InChI is InChI=1S/C23H25FN2O5/c24-17-6-8-19-18(13-17)23(28)25-10-2-1-3-11-26(14-29-19)22(27)9-5-16-4-7-20-21(12-16)31-15-30-20/h4,6-8,12-13H,1-3,5,9-11,14-15H2,(H,25,28). The van der Waals surface area contributed by atoms with E-state index >= 15 is 0 Å². The van der Waals surface area contributed by atoms with Crippen molar-refractivity contribution in [1.29, 1.82) is 0 Å². The number of fused-ring (bicyclic) bond motifs is 2. The highest BCUT2D eigenvalue weighted by Gasteiger charge is 2.19. The number of carbonyl (C=O) groups is 2. The molecule has 0 saturated heterocycles. The Labute approximate surface area is 180 Å². The Hall–Kier alpha value is -3.29. The van der Waals surface area contributed by atoms with Gasteiger partial charge >= 0.3 is 0 Å². The minimum atomic E-state index is -0.513. The van der Waals surface area contributed by atoms with Crippen molar-refractivity contribution in [2.45, 2.75) is 32.1 Å². The zero-order chi connectivity index (χ0) is 21.6. The molecule has 0 fully saturated rings. The van der Waals surface area contributed by atoms with Gasteiger partial charge in [-0.3, -0.25) is 9.59 Å². The monoisotopic (exact) mass is 428 g/mol. The summed E-state index contributed by atoms with van der Waals surface area (Å²) < 4.78 is 30.1. The lowest BCUT2D eigenvalue weighted by Gasteiger charge is -2.24. The number of ether oxygens (including phenoxy) is 3. The summed E-state index contributed by atoms with van der Waals surface area (Å²) >= 11 is 0. The molecule has 2 aliphatic heterocycles. The maximum absolute atomic E-state index is 13.7. The number of amides is 2. The zero-order valence-corrected chi connectivity index (χ0v) is 17.2. The van der Waals surface area contributed by atoms with Gasteiger partial charge in [-0.15, -0.1) is 0 Å². The summed E-state index contributed by atoms with van der Waals surface area (Å²) in [6, 6.07) is 9.49. The van der Waals surface area contributed by atoms with Gasteiger partial charge in [0.15, 0.2) is 18.2 Å². The zero-order valence-electron chi connectivity index (χ0n) is 17.2. The summed E-state index contributed by atoms with van der Waals surface area (Å²) in [4.78, 5) is 26.9. The topological polar surface area (TPSA) is 77.1 Å². The minimum Gasteiger partial charge on any atom is -0.472 e. The van der Waals surface area contributed by atoms with Gasteiger partial charge < -0.3 is 24.4 Å². The third-order valence-corrected chi connectivity index (χ3v) is 5.37. The van der Waals surface area contributed by atoms with Crippen molar-refractivity contribution in [3.63, 3.8) is 0 Å². The van der Waals surface area contributed by atoms with Crippen LogP contribution < -0.4 is 19.5 Å². The molecule has 2 aromatic carbocycles. The number of hydrogen-bond acceptors (Lipinski definition) is 5. The summed E-state index contributed by atoms with van der Waals surface area (Å²) in [5.41, 5.74) is 1.12. The van der Waals surface area contributed by atoms with Crippen LogP contribution in [-0.4, -0.2) is 43.3 Å². The van der Waals surface area contributed by atoms with E-state index in [1.165, 1.54) is 12.1 Å². The van der Waals surface area contributed by atoms with E-state index in [2.05, 4.69) is 5.32 Å². The lowest BCUT2D eigenvalue weighted by atomic mass is 10.1. The Morgan fingerprint density at radius 3 is 2.74 bits per heavy atom. The molecule has 2 amide bonds. The van der Waals surface area contributed by atoms with Crippen molar-refractivity contribution in [2.75, 3.05) is 26.6 Å². The molecule has 0 bridgehead atoms. The van der Waals surface area contributed by atoms with Gasteiger partial charge in [0, 0.05) is 19.5 Å². The lowest BCUT2D eigenvalue weighted by molar-refractivity contribution is -0.134. The van der Waals surface area contributed by atoms with Gasteiger partial charge in [0.1, 0.15) is 11.6 Å².